The molecule has 1 aromatic heterocycles. The molecule has 2 saturated heterocycles. The molecule has 1 aliphatic carbocycles. The number of pyridine rings is 1. The molecule has 2 aliphatic heterocycles. The number of aliphatic carboxylic acids is 1. The van der Waals surface area contributed by atoms with E-state index in [9.17, 15) is 46.1 Å². The number of hydrogen-bond acceptors (Lipinski definition) is 8. The zero-order valence-corrected chi connectivity index (χ0v) is 32.6. The van der Waals surface area contributed by atoms with Gasteiger partial charge in [0.1, 0.15) is 17.2 Å². The number of aromatic nitrogens is 1. The van der Waals surface area contributed by atoms with E-state index in [4.69, 9.17) is 9.47 Å². The van der Waals surface area contributed by atoms with E-state index in [0.717, 1.165) is 28.6 Å². The Kier molecular flexibility index (Phi) is 13.0. The number of carboxylic acid groups (broad SMARTS) is 1. The van der Waals surface area contributed by atoms with Crippen LogP contribution in [0.2, 0.25) is 0 Å². The van der Waals surface area contributed by atoms with Gasteiger partial charge in [-0.1, -0.05) is 38.1 Å². The van der Waals surface area contributed by atoms with Crippen LogP contribution in [0.1, 0.15) is 99.7 Å². The Morgan fingerprint density at radius 2 is 1.72 bits per heavy atom. The molecule has 57 heavy (non-hydrogen) atoms. The van der Waals surface area contributed by atoms with Crippen LogP contribution in [-0.2, 0) is 26.1 Å². The Balaban J connectivity index is 1.47. The minimum atomic E-state index is -4.94. The highest BCUT2D eigenvalue weighted by molar-refractivity contribution is 7.83. The molecular formula is C40H47F6N3O7S. The van der Waals surface area contributed by atoms with E-state index in [-0.39, 0.29) is 63.9 Å². The predicted molar refractivity (Wildman–Crippen MR) is 199 cm³/mol. The number of aliphatic hydroxyl groups is 1. The fourth-order valence-electron chi connectivity index (χ4n) is 8.23. The van der Waals surface area contributed by atoms with Crippen LogP contribution in [0.4, 0.5) is 26.3 Å². The molecule has 3 aliphatic rings. The SMILES string of the molecule is C=C(C/C(=C\S)O[C@@]1(C(=O)N2CCC(O)(c3ccccc3O[C@@H]3CC[C@](C)(C(=O)O)C3)CC2)CCCN(C(=O)c2ncccc2C(F)(F)F)[C@@H]1CCC)C(F)(F)F. The van der Waals surface area contributed by atoms with Gasteiger partial charge in [0.15, 0.2) is 0 Å². The van der Waals surface area contributed by atoms with Crippen LogP contribution in [0.15, 0.2) is 65.9 Å². The smallest absolute Gasteiger partial charge is 0.418 e. The molecule has 2 aromatic rings. The Morgan fingerprint density at radius 1 is 1.04 bits per heavy atom. The lowest BCUT2D eigenvalue weighted by Gasteiger charge is -2.51. The molecule has 2 amide bonds. The molecule has 0 unspecified atom stereocenters. The van der Waals surface area contributed by atoms with Crippen LogP contribution >= 0.6 is 12.6 Å². The number of halogens is 6. The molecule has 312 valence electrons. The average molecular weight is 828 g/mol. The van der Waals surface area contributed by atoms with E-state index in [1.807, 2.05) is 0 Å². The highest BCUT2D eigenvalue weighted by atomic mass is 32.1. The number of hydrogen-bond donors (Lipinski definition) is 3. The Hall–Kier alpha value is -4.25. The third-order valence-electron chi connectivity index (χ3n) is 11.4. The van der Waals surface area contributed by atoms with Crippen molar-refractivity contribution in [3.05, 3.63) is 82.7 Å². The van der Waals surface area contributed by atoms with Gasteiger partial charge >= 0.3 is 18.3 Å². The number of carbonyl (C=O) groups is 3. The van der Waals surface area contributed by atoms with Crippen LogP contribution in [0.3, 0.4) is 0 Å². The topological polar surface area (TPSA) is 130 Å². The first-order valence-corrected chi connectivity index (χ1v) is 19.3. The van der Waals surface area contributed by atoms with Gasteiger partial charge in [-0.15, -0.1) is 12.6 Å². The monoisotopic (exact) mass is 827 g/mol. The van der Waals surface area contributed by atoms with Crippen molar-refractivity contribution < 1.29 is 60.4 Å². The van der Waals surface area contributed by atoms with Gasteiger partial charge in [-0.2, -0.15) is 26.3 Å². The lowest BCUT2D eigenvalue weighted by Crippen LogP contribution is -2.67. The molecule has 4 atom stereocenters. The van der Waals surface area contributed by atoms with Crippen LogP contribution in [0, 0.1) is 5.41 Å². The van der Waals surface area contributed by atoms with Crippen LogP contribution in [0.25, 0.3) is 0 Å². The van der Waals surface area contributed by atoms with E-state index >= 15 is 4.79 Å². The summed E-state index contributed by atoms with van der Waals surface area (Å²) in [6.45, 7) is 6.26. The fraction of sp³-hybridized carbons (Fsp3) is 0.550. The molecule has 10 nitrogen and oxygen atoms in total. The number of alkyl halides is 6. The van der Waals surface area contributed by atoms with Gasteiger partial charge in [-0.3, -0.25) is 19.4 Å². The third kappa shape index (κ3) is 9.24. The number of amides is 2. The number of benzene rings is 1. The summed E-state index contributed by atoms with van der Waals surface area (Å²) in [5, 5.41) is 22.7. The minimum Gasteiger partial charge on any atom is -0.490 e. The molecular weight excluding hydrogens is 781 g/mol. The molecule has 5 rings (SSSR count). The molecule has 0 bridgehead atoms. The largest absolute Gasteiger partial charge is 0.490 e. The summed E-state index contributed by atoms with van der Waals surface area (Å²) in [6, 6.07) is 7.31. The summed E-state index contributed by atoms with van der Waals surface area (Å²) in [5.74, 6) is -2.77. The predicted octanol–water partition coefficient (Wildman–Crippen LogP) is 8.07. The van der Waals surface area contributed by atoms with Gasteiger partial charge < -0.3 is 29.5 Å². The average Bonchev–Trinajstić information content (AvgIpc) is 3.55. The van der Waals surface area contributed by atoms with E-state index in [1.165, 1.54) is 4.90 Å². The van der Waals surface area contributed by atoms with Crippen LogP contribution in [0.5, 0.6) is 5.75 Å². The molecule has 1 aromatic carbocycles. The van der Waals surface area contributed by atoms with Gasteiger partial charge in [-0.05, 0) is 63.6 Å². The van der Waals surface area contributed by atoms with E-state index in [2.05, 4.69) is 24.2 Å². The second-order valence-electron chi connectivity index (χ2n) is 15.3. The summed E-state index contributed by atoms with van der Waals surface area (Å²) in [4.78, 5) is 47.2. The molecule has 1 saturated carbocycles. The standard InChI is InChI=1S/C40H47F6N3O7S/c1-4-9-31-38(56-27(24-57)22-25(2)39(41,42)43,14-8-19-49(31)33(50)32-29(40(44,45)46)11-7-18-47-32)34(51)48-20-16-37(54,17-21-48)28-10-5-6-12-30(28)55-26-13-15-36(3,23-26)35(52)53/h5-7,10-12,18,24,26,31,54,57H,2,4,8-9,13-17,19-23H2,1,3H3,(H,52,53)/b27-24+/t26-,31-,36+,38+/m1/s1. The second-order valence-corrected chi connectivity index (χ2v) is 15.6. The number of carboxylic acids is 1. The van der Waals surface area contributed by atoms with Crippen molar-refractivity contribution in [3.63, 3.8) is 0 Å². The number of nitrogens with zero attached hydrogens (tertiary/aromatic N) is 3. The summed E-state index contributed by atoms with van der Waals surface area (Å²) in [5.41, 5.74) is -7.47. The zero-order valence-electron chi connectivity index (χ0n) is 31.7. The van der Waals surface area contributed by atoms with Crippen molar-refractivity contribution in [3.8, 4) is 5.75 Å². The second kappa shape index (κ2) is 16.9. The lowest BCUT2D eigenvalue weighted by molar-refractivity contribution is -0.172. The third-order valence-corrected chi connectivity index (χ3v) is 11.7. The van der Waals surface area contributed by atoms with Gasteiger partial charge in [0.25, 0.3) is 11.8 Å². The molecule has 17 heteroatoms. The highest BCUT2D eigenvalue weighted by Gasteiger charge is 2.57. The van der Waals surface area contributed by atoms with E-state index in [1.54, 1.807) is 38.1 Å². The normalized spacial score (nSPS) is 25.5. The van der Waals surface area contributed by atoms with Gasteiger partial charge in [0.2, 0.25) is 5.60 Å². The van der Waals surface area contributed by atoms with Crippen molar-refractivity contribution in [1.29, 1.82) is 0 Å². The fourth-order valence-corrected chi connectivity index (χ4v) is 8.37. The van der Waals surface area contributed by atoms with Crippen molar-refractivity contribution >= 4 is 30.4 Å². The van der Waals surface area contributed by atoms with Gasteiger partial charge in [-0.25, -0.2) is 0 Å². The summed E-state index contributed by atoms with van der Waals surface area (Å²) >= 11 is 4.09. The highest BCUT2D eigenvalue weighted by Crippen LogP contribution is 2.46. The van der Waals surface area contributed by atoms with Gasteiger partial charge in [0, 0.05) is 61.6 Å². The number of carbonyl (C=O) groups excluding carboxylic acids is 2. The van der Waals surface area contributed by atoms with Gasteiger partial charge in [0.05, 0.1) is 28.7 Å². The zero-order chi connectivity index (χ0) is 42.0. The summed E-state index contributed by atoms with van der Waals surface area (Å²) in [7, 11) is 0. The minimum absolute atomic E-state index is 0.0171. The number of rotatable bonds is 12. The number of allylic oxidation sites excluding steroid dienone is 1. The van der Waals surface area contributed by atoms with Crippen molar-refractivity contribution in [2.75, 3.05) is 19.6 Å². The van der Waals surface area contributed by atoms with Crippen molar-refractivity contribution in [2.24, 2.45) is 5.41 Å². The maximum atomic E-state index is 15.0. The first-order chi connectivity index (χ1) is 26.7. The van der Waals surface area contributed by atoms with Crippen molar-refractivity contribution in [2.45, 2.75) is 114 Å². The molecule has 3 heterocycles. The molecule has 3 fully saturated rings. The number of likely N-dealkylation sites (tertiary alicyclic amines) is 2. The molecule has 0 spiro atoms. The van der Waals surface area contributed by atoms with Crippen LogP contribution < -0.4 is 4.74 Å². The quantitative estimate of drug-likeness (QED) is 0.0849. The van der Waals surface area contributed by atoms with E-state index < -0.39 is 82.2 Å². The number of piperidine rings is 2. The first-order valence-electron chi connectivity index (χ1n) is 18.8. The Bertz CT molecular complexity index is 1860. The number of thiol groups is 1. The van der Waals surface area contributed by atoms with E-state index in [0.29, 0.717) is 30.6 Å². The van der Waals surface area contributed by atoms with Crippen molar-refractivity contribution in [1.82, 2.24) is 14.8 Å². The summed E-state index contributed by atoms with van der Waals surface area (Å²) in [6.07, 6.45) is -8.61. The summed E-state index contributed by atoms with van der Waals surface area (Å²) < 4.78 is 95.9. The first kappa shape index (κ1) is 43.9. The lowest BCUT2D eigenvalue weighted by atomic mass is 9.78. The Morgan fingerprint density at radius 3 is 2.32 bits per heavy atom. The van der Waals surface area contributed by atoms with Crippen LogP contribution in [-0.4, -0.2) is 86.3 Å². The maximum absolute atomic E-state index is 15.0. The number of ether oxygens (including phenoxy) is 2. The number of para-hydroxylation sites is 1. The molecule has 0 radical (unpaired) electrons. The Labute approximate surface area is 332 Å². The maximum Gasteiger partial charge on any atom is 0.418 e. The molecule has 2 N–H and O–H groups in total.